The minimum Gasteiger partial charge on any atom is -0.327 e. The molecule has 0 unspecified atom stereocenters. The molecule has 0 bridgehead atoms. The summed E-state index contributed by atoms with van der Waals surface area (Å²) in [5.74, 6) is 0.855. The molecule has 0 amide bonds. The molecule has 1 N–H and O–H groups in total. The summed E-state index contributed by atoms with van der Waals surface area (Å²) >= 11 is 0. The molecule has 80 valence electrons. The lowest BCUT2D eigenvalue weighted by atomic mass is 10.2. The van der Waals surface area contributed by atoms with Gasteiger partial charge < -0.3 is 4.98 Å². The molecular weight excluding hydrogens is 214 g/mol. The van der Waals surface area contributed by atoms with E-state index in [0.29, 0.717) is 17.0 Å². The Hall–Kier alpha value is -2.74. The van der Waals surface area contributed by atoms with Crippen LogP contribution in [-0.2, 0) is 0 Å². The number of fused-ring (bicyclic) bond motifs is 1. The number of imidazole rings is 1. The van der Waals surface area contributed by atoms with Crippen LogP contribution < -0.4 is 0 Å². The van der Waals surface area contributed by atoms with Gasteiger partial charge in [0.1, 0.15) is 11.6 Å². The zero-order chi connectivity index (χ0) is 11.7. The fraction of sp³-hybridized carbons (Fsp3) is 0. The number of nitrogens with one attached hydrogen (secondary N) is 1. The molecule has 0 spiro atoms. The largest absolute Gasteiger partial charge is 0.327 e. The van der Waals surface area contributed by atoms with Crippen LogP contribution in [0, 0.1) is 11.3 Å². The highest BCUT2D eigenvalue weighted by molar-refractivity contribution is 5.73. The third-order valence-electron chi connectivity index (χ3n) is 2.38. The Morgan fingerprint density at radius 3 is 2.71 bits per heavy atom. The molecule has 0 atom stereocenters. The summed E-state index contributed by atoms with van der Waals surface area (Å²) in [6.07, 6.45) is 1.64. The minimum absolute atomic E-state index is 0.250. The van der Waals surface area contributed by atoms with Crippen molar-refractivity contribution in [1.29, 1.82) is 5.26 Å². The van der Waals surface area contributed by atoms with E-state index in [0.717, 1.165) is 5.56 Å². The molecular formula is C12H7N5. The first-order valence-electron chi connectivity index (χ1n) is 5.05. The molecule has 5 nitrogen and oxygen atoms in total. The van der Waals surface area contributed by atoms with Crippen LogP contribution in [0.1, 0.15) is 5.82 Å². The Morgan fingerprint density at radius 1 is 1.12 bits per heavy atom. The van der Waals surface area contributed by atoms with Crippen LogP contribution in [0.15, 0.2) is 36.5 Å². The molecule has 0 saturated heterocycles. The summed E-state index contributed by atoms with van der Waals surface area (Å²) in [6.45, 7) is 0. The first kappa shape index (κ1) is 9.48. The zero-order valence-electron chi connectivity index (χ0n) is 8.75. The van der Waals surface area contributed by atoms with Gasteiger partial charge in [0.25, 0.3) is 0 Å². The van der Waals surface area contributed by atoms with Crippen molar-refractivity contribution in [2.75, 3.05) is 0 Å². The summed E-state index contributed by atoms with van der Waals surface area (Å²) in [5.41, 5.74) is 2.10. The van der Waals surface area contributed by atoms with Crippen LogP contribution in [0.3, 0.4) is 0 Å². The zero-order valence-corrected chi connectivity index (χ0v) is 8.75. The second-order valence-electron chi connectivity index (χ2n) is 3.49. The smallest absolute Gasteiger partial charge is 0.212 e. The Kier molecular flexibility index (Phi) is 2.06. The molecule has 3 aromatic rings. The summed E-state index contributed by atoms with van der Waals surface area (Å²) in [6, 6.07) is 11.6. The fourth-order valence-corrected chi connectivity index (χ4v) is 1.59. The van der Waals surface area contributed by atoms with E-state index >= 15 is 0 Å². The van der Waals surface area contributed by atoms with E-state index in [1.165, 1.54) is 0 Å². The van der Waals surface area contributed by atoms with Gasteiger partial charge in [-0.05, 0) is 0 Å². The van der Waals surface area contributed by atoms with E-state index in [2.05, 4.69) is 19.9 Å². The van der Waals surface area contributed by atoms with E-state index in [1.807, 2.05) is 36.4 Å². The third-order valence-corrected chi connectivity index (χ3v) is 2.38. The third kappa shape index (κ3) is 1.62. The molecule has 1 aromatic carbocycles. The predicted molar refractivity (Wildman–Crippen MR) is 61.8 cm³/mol. The van der Waals surface area contributed by atoms with Gasteiger partial charge in [-0.1, -0.05) is 30.3 Å². The van der Waals surface area contributed by atoms with Crippen molar-refractivity contribution in [3.05, 3.63) is 42.4 Å². The topological polar surface area (TPSA) is 78.2 Å². The van der Waals surface area contributed by atoms with Crippen molar-refractivity contribution in [2.45, 2.75) is 0 Å². The van der Waals surface area contributed by atoms with Crippen molar-refractivity contribution < 1.29 is 0 Å². The quantitative estimate of drug-likeness (QED) is 0.680. The number of rotatable bonds is 1. The molecule has 0 aliphatic carbocycles. The van der Waals surface area contributed by atoms with Gasteiger partial charge in [-0.2, -0.15) is 10.2 Å². The van der Waals surface area contributed by atoms with Gasteiger partial charge in [-0.15, -0.1) is 0 Å². The number of hydrogen-bond acceptors (Lipinski definition) is 4. The average molecular weight is 221 g/mol. The highest BCUT2D eigenvalue weighted by Gasteiger charge is 2.06. The summed E-state index contributed by atoms with van der Waals surface area (Å²) in [4.78, 5) is 15.4. The molecule has 0 aliphatic heterocycles. The van der Waals surface area contributed by atoms with E-state index < -0.39 is 0 Å². The van der Waals surface area contributed by atoms with E-state index in [-0.39, 0.29) is 5.82 Å². The number of aromatic amines is 1. The van der Waals surface area contributed by atoms with Crippen LogP contribution in [0.25, 0.3) is 22.6 Å². The van der Waals surface area contributed by atoms with Crippen molar-refractivity contribution in [3.8, 4) is 17.5 Å². The predicted octanol–water partition coefficient (Wildman–Crippen LogP) is 1.89. The van der Waals surface area contributed by atoms with Gasteiger partial charge in [0, 0.05) is 5.56 Å². The Bertz CT molecular complexity index is 709. The standard InChI is InChI=1S/C12H7N5/c13-6-10-15-9-7-14-11(17-12(9)16-10)8-4-2-1-3-5-8/h1-5,7H,(H,14,15,16,17). The van der Waals surface area contributed by atoms with Crippen molar-refractivity contribution >= 4 is 11.2 Å². The number of nitrogens with zero attached hydrogens (tertiary/aromatic N) is 4. The maximum absolute atomic E-state index is 8.73. The minimum atomic E-state index is 0.250. The van der Waals surface area contributed by atoms with Crippen LogP contribution in [0.2, 0.25) is 0 Å². The highest BCUT2D eigenvalue weighted by Crippen LogP contribution is 2.16. The maximum Gasteiger partial charge on any atom is 0.212 e. The Labute approximate surface area is 96.8 Å². The van der Waals surface area contributed by atoms with Gasteiger partial charge >= 0.3 is 0 Å². The van der Waals surface area contributed by atoms with E-state index in [4.69, 9.17) is 5.26 Å². The summed E-state index contributed by atoms with van der Waals surface area (Å²) < 4.78 is 0. The van der Waals surface area contributed by atoms with Crippen LogP contribution in [-0.4, -0.2) is 19.9 Å². The Morgan fingerprint density at radius 2 is 1.94 bits per heavy atom. The van der Waals surface area contributed by atoms with Crippen LogP contribution >= 0.6 is 0 Å². The maximum atomic E-state index is 8.73. The number of H-pyrrole nitrogens is 1. The first-order valence-corrected chi connectivity index (χ1v) is 5.05. The monoisotopic (exact) mass is 221 g/mol. The molecule has 3 rings (SSSR count). The number of benzene rings is 1. The van der Waals surface area contributed by atoms with Gasteiger partial charge in [-0.3, -0.25) is 0 Å². The normalized spacial score (nSPS) is 10.3. The molecule has 2 aromatic heterocycles. The molecule has 0 fully saturated rings. The van der Waals surface area contributed by atoms with Gasteiger partial charge in [0.2, 0.25) is 5.82 Å². The van der Waals surface area contributed by atoms with Gasteiger partial charge in [-0.25, -0.2) is 9.97 Å². The summed E-state index contributed by atoms with van der Waals surface area (Å²) in [7, 11) is 0. The van der Waals surface area contributed by atoms with Gasteiger partial charge in [0.15, 0.2) is 11.5 Å². The highest BCUT2D eigenvalue weighted by atomic mass is 15.0. The van der Waals surface area contributed by atoms with E-state index in [9.17, 15) is 0 Å². The van der Waals surface area contributed by atoms with Crippen LogP contribution in [0.5, 0.6) is 0 Å². The molecule has 2 heterocycles. The lowest BCUT2D eigenvalue weighted by Crippen LogP contribution is -1.88. The second-order valence-corrected chi connectivity index (χ2v) is 3.49. The van der Waals surface area contributed by atoms with Gasteiger partial charge in [0.05, 0.1) is 6.20 Å². The second kappa shape index (κ2) is 3.68. The lowest BCUT2D eigenvalue weighted by Gasteiger charge is -1.97. The molecule has 17 heavy (non-hydrogen) atoms. The van der Waals surface area contributed by atoms with Crippen molar-refractivity contribution in [3.63, 3.8) is 0 Å². The molecule has 0 saturated carbocycles. The average Bonchev–Trinajstić information content (AvgIpc) is 2.81. The fourth-order valence-electron chi connectivity index (χ4n) is 1.59. The molecule has 5 heteroatoms. The Balaban J connectivity index is 2.17. The molecule has 0 radical (unpaired) electrons. The lowest BCUT2D eigenvalue weighted by molar-refractivity contribution is 1.20. The van der Waals surface area contributed by atoms with E-state index in [1.54, 1.807) is 6.20 Å². The number of nitriles is 1. The summed E-state index contributed by atoms with van der Waals surface area (Å²) in [5, 5.41) is 8.73. The first-order chi connectivity index (χ1) is 8.36. The number of aromatic nitrogens is 4. The van der Waals surface area contributed by atoms with Crippen molar-refractivity contribution in [1.82, 2.24) is 19.9 Å². The SMILES string of the molecule is N#Cc1nc2nc(-c3ccccc3)ncc2[nH]1. The van der Waals surface area contributed by atoms with Crippen LogP contribution in [0.4, 0.5) is 0 Å². The van der Waals surface area contributed by atoms with Crippen molar-refractivity contribution in [2.24, 2.45) is 0 Å². The number of hydrogen-bond donors (Lipinski definition) is 1. The molecule has 0 aliphatic rings.